The molecule has 0 amide bonds. The van der Waals surface area contributed by atoms with Crippen LogP contribution in [0.25, 0.3) is 0 Å². The van der Waals surface area contributed by atoms with E-state index < -0.39 is 0 Å². The number of rotatable bonds is 0. The van der Waals surface area contributed by atoms with Gasteiger partial charge in [0.05, 0.1) is 18.3 Å². The summed E-state index contributed by atoms with van der Waals surface area (Å²) in [5.41, 5.74) is 0.0810. The molecule has 62 valence electrons. The first kappa shape index (κ1) is 6.40. The van der Waals surface area contributed by atoms with Crippen LogP contribution in [0, 0.1) is 5.92 Å². The summed E-state index contributed by atoms with van der Waals surface area (Å²) in [5.74, 6) is 0.421. The van der Waals surface area contributed by atoms with Crippen LogP contribution in [0.1, 0.15) is 6.42 Å². The zero-order chi connectivity index (χ0) is 7.47. The Morgan fingerprint density at radius 1 is 1.55 bits per heavy atom. The fourth-order valence-electron chi connectivity index (χ4n) is 2.79. The van der Waals surface area contributed by atoms with Crippen molar-refractivity contribution in [3.8, 4) is 0 Å². The van der Waals surface area contributed by atoms with Gasteiger partial charge in [-0.25, -0.2) is 0 Å². The number of ether oxygens (including phenoxy) is 1. The monoisotopic (exact) mass is 155 g/mol. The Kier molecular flexibility index (Phi) is 1.04. The lowest BCUT2D eigenvalue weighted by Crippen LogP contribution is -2.59. The van der Waals surface area contributed by atoms with Crippen LogP contribution in [-0.2, 0) is 4.74 Å². The molecule has 2 saturated heterocycles. The molecular weight excluding hydrogens is 142 g/mol. The topological polar surface area (TPSA) is 32.7 Å². The summed E-state index contributed by atoms with van der Waals surface area (Å²) in [6.45, 7) is 4.05. The van der Waals surface area contributed by atoms with Gasteiger partial charge in [-0.3, -0.25) is 4.90 Å². The maximum Gasteiger partial charge on any atom is 0.0898 e. The Hall–Kier alpha value is -0.120. The van der Waals surface area contributed by atoms with Crippen molar-refractivity contribution in [3.63, 3.8) is 0 Å². The van der Waals surface area contributed by atoms with Crippen LogP contribution in [0.4, 0.5) is 0 Å². The third-order valence-corrected chi connectivity index (χ3v) is 3.44. The van der Waals surface area contributed by atoms with Gasteiger partial charge in [0.15, 0.2) is 0 Å². The molecule has 3 nitrogen and oxygen atoms in total. The minimum atomic E-state index is -0.0851. The zero-order valence-corrected chi connectivity index (χ0v) is 6.49. The molecule has 1 aliphatic carbocycles. The molecule has 0 aromatic rings. The van der Waals surface area contributed by atoms with E-state index in [0.29, 0.717) is 5.92 Å². The van der Waals surface area contributed by atoms with Gasteiger partial charge >= 0.3 is 0 Å². The van der Waals surface area contributed by atoms with E-state index in [1.165, 1.54) is 0 Å². The van der Waals surface area contributed by atoms with E-state index in [0.717, 1.165) is 32.7 Å². The van der Waals surface area contributed by atoms with Crippen LogP contribution in [0.15, 0.2) is 0 Å². The Morgan fingerprint density at radius 3 is 3.27 bits per heavy atom. The fraction of sp³-hybridized carbons (Fsp3) is 1.00. The number of aliphatic hydroxyl groups is 1. The van der Waals surface area contributed by atoms with Crippen molar-refractivity contribution < 1.29 is 9.84 Å². The van der Waals surface area contributed by atoms with E-state index in [-0.39, 0.29) is 11.7 Å². The molecule has 2 heterocycles. The molecular formula is C8H13NO2. The number of aliphatic hydroxyl groups excluding tert-OH is 1. The molecule has 0 radical (unpaired) electrons. The predicted octanol–water partition coefficient (Wildman–Crippen LogP) is -0.548. The molecule has 11 heavy (non-hydrogen) atoms. The lowest BCUT2D eigenvalue weighted by Gasteiger charge is -2.48. The standard InChI is InChI=1S/C8H13NO2/c10-7-3-8-5-9(1-2-11-8)4-6(7)8/h6-7,10H,1-5H2. The van der Waals surface area contributed by atoms with Crippen LogP contribution in [0.2, 0.25) is 0 Å². The molecule has 3 fully saturated rings. The molecule has 2 bridgehead atoms. The lowest BCUT2D eigenvalue weighted by molar-refractivity contribution is -0.187. The Labute approximate surface area is 65.9 Å². The third-order valence-electron chi connectivity index (χ3n) is 3.44. The van der Waals surface area contributed by atoms with E-state index in [1.807, 2.05) is 0 Å². The first-order valence-corrected chi connectivity index (χ1v) is 4.35. The molecule has 4 atom stereocenters. The highest BCUT2D eigenvalue weighted by Gasteiger charge is 2.61. The Balaban J connectivity index is 1.90. The highest BCUT2D eigenvalue weighted by molar-refractivity contribution is 5.12. The Morgan fingerprint density at radius 2 is 2.45 bits per heavy atom. The number of fused-ring (bicyclic) bond motifs is 1. The molecule has 3 heteroatoms. The van der Waals surface area contributed by atoms with Gasteiger partial charge in [-0.15, -0.1) is 0 Å². The van der Waals surface area contributed by atoms with Crippen molar-refractivity contribution in [3.05, 3.63) is 0 Å². The second kappa shape index (κ2) is 1.79. The van der Waals surface area contributed by atoms with Crippen LogP contribution in [0.5, 0.6) is 0 Å². The van der Waals surface area contributed by atoms with Gasteiger partial charge < -0.3 is 9.84 Å². The Bertz CT molecular complexity index is 193. The molecule has 1 N–H and O–H groups in total. The molecule has 3 rings (SSSR count). The second-order valence-corrected chi connectivity index (χ2v) is 4.03. The highest BCUT2D eigenvalue weighted by Crippen LogP contribution is 2.48. The molecule has 1 spiro atoms. The smallest absolute Gasteiger partial charge is 0.0898 e. The SMILES string of the molecule is OC1CC23CN(CCO2)CC13. The number of hydrogen-bond acceptors (Lipinski definition) is 3. The van der Waals surface area contributed by atoms with Crippen LogP contribution in [-0.4, -0.2) is 48.0 Å². The molecule has 4 unspecified atom stereocenters. The molecule has 2 aliphatic heterocycles. The lowest BCUT2D eigenvalue weighted by atomic mass is 9.69. The third kappa shape index (κ3) is 0.643. The van der Waals surface area contributed by atoms with E-state index in [1.54, 1.807) is 0 Å². The summed E-state index contributed by atoms with van der Waals surface area (Å²) >= 11 is 0. The van der Waals surface area contributed by atoms with Gasteiger partial charge in [0.2, 0.25) is 0 Å². The maximum atomic E-state index is 9.45. The van der Waals surface area contributed by atoms with Crippen molar-refractivity contribution in [1.82, 2.24) is 4.90 Å². The van der Waals surface area contributed by atoms with Crippen LogP contribution < -0.4 is 0 Å². The molecule has 3 aliphatic rings. The first-order chi connectivity index (χ1) is 5.30. The van der Waals surface area contributed by atoms with E-state index in [4.69, 9.17) is 4.74 Å². The highest BCUT2D eigenvalue weighted by atomic mass is 16.5. The predicted molar refractivity (Wildman–Crippen MR) is 39.2 cm³/mol. The zero-order valence-electron chi connectivity index (χ0n) is 6.49. The maximum absolute atomic E-state index is 9.45. The van der Waals surface area contributed by atoms with Crippen LogP contribution >= 0.6 is 0 Å². The quantitative estimate of drug-likeness (QED) is 0.509. The summed E-state index contributed by atoms with van der Waals surface area (Å²) in [6.07, 6.45) is 0.784. The van der Waals surface area contributed by atoms with Crippen LogP contribution in [0.3, 0.4) is 0 Å². The van der Waals surface area contributed by atoms with Crippen molar-refractivity contribution in [2.45, 2.75) is 18.1 Å². The second-order valence-electron chi connectivity index (χ2n) is 4.03. The molecule has 0 aromatic heterocycles. The fourth-order valence-corrected chi connectivity index (χ4v) is 2.79. The van der Waals surface area contributed by atoms with Gasteiger partial charge in [-0.1, -0.05) is 0 Å². The van der Waals surface area contributed by atoms with Gasteiger partial charge in [0.1, 0.15) is 0 Å². The van der Waals surface area contributed by atoms with Crippen molar-refractivity contribution in [1.29, 1.82) is 0 Å². The van der Waals surface area contributed by atoms with Gasteiger partial charge in [0, 0.05) is 32.0 Å². The molecule has 0 aromatic carbocycles. The normalized spacial score (nSPS) is 60.3. The van der Waals surface area contributed by atoms with Crippen molar-refractivity contribution in [2.75, 3.05) is 26.2 Å². The average molecular weight is 155 g/mol. The average Bonchev–Trinajstić information content (AvgIpc) is 2.20. The van der Waals surface area contributed by atoms with Gasteiger partial charge in [-0.05, 0) is 0 Å². The minimum Gasteiger partial charge on any atom is -0.393 e. The van der Waals surface area contributed by atoms with E-state index >= 15 is 0 Å². The van der Waals surface area contributed by atoms with Crippen molar-refractivity contribution in [2.24, 2.45) is 5.92 Å². The summed E-state index contributed by atoms with van der Waals surface area (Å²) in [4.78, 5) is 2.41. The number of morpholine rings is 1. The summed E-state index contributed by atoms with van der Waals surface area (Å²) < 4.78 is 5.72. The minimum absolute atomic E-state index is 0.0810. The number of hydrogen-bond donors (Lipinski definition) is 1. The largest absolute Gasteiger partial charge is 0.393 e. The summed E-state index contributed by atoms with van der Waals surface area (Å²) in [6, 6.07) is 0. The molecule has 1 saturated carbocycles. The van der Waals surface area contributed by atoms with Gasteiger partial charge in [0.25, 0.3) is 0 Å². The first-order valence-electron chi connectivity index (χ1n) is 4.35. The summed E-state index contributed by atoms with van der Waals surface area (Å²) in [5, 5.41) is 9.45. The van der Waals surface area contributed by atoms with Gasteiger partial charge in [-0.2, -0.15) is 0 Å². The number of nitrogens with zero attached hydrogens (tertiary/aromatic N) is 1. The van der Waals surface area contributed by atoms with E-state index in [9.17, 15) is 5.11 Å². The summed E-state index contributed by atoms with van der Waals surface area (Å²) in [7, 11) is 0. The van der Waals surface area contributed by atoms with Crippen molar-refractivity contribution >= 4 is 0 Å². The van der Waals surface area contributed by atoms with E-state index in [2.05, 4.69) is 4.90 Å².